The summed E-state index contributed by atoms with van der Waals surface area (Å²) >= 11 is 2.21. The molecule has 25 heavy (non-hydrogen) atoms. The van der Waals surface area contributed by atoms with Gasteiger partial charge >= 0.3 is 0 Å². The maximum atomic E-state index is 12.5. The first-order chi connectivity index (χ1) is 11.9. The molecule has 1 aromatic heterocycles. The number of carbonyl (C=O) groups excluding carboxylic acids is 2. The largest absolute Gasteiger partial charge is 0.325 e. The normalized spacial score (nSPS) is 12.5. The Bertz CT molecular complexity index is 653. The number of anilines is 1. The van der Waals surface area contributed by atoms with Crippen molar-refractivity contribution in [1.82, 2.24) is 10.3 Å². The van der Waals surface area contributed by atoms with Gasteiger partial charge in [-0.05, 0) is 31.8 Å². The molecule has 0 saturated carbocycles. The molecule has 1 amide bonds. The molecule has 0 aliphatic rings. The van der Waals surface area contributed by atoms with Crippen LogP contribution >= 0.6 is 23.5 Å². The molecule has 0 radical (unpaired) electrons. The third-order valence-corrected chi connectivity index (χ3v) is 5.16. The third-order valence-electron chi connectivity index (χ3n) is 3.18. The minimum atomic E-state index is -0.323. The van der Waals surface area contributed by atoms with Crippen LogP contribution in [-0.4, -0.2) is 58.6 Å². The Morgan fingerprint density at radius 1 is 1.56 bits per heavy atom. The van der Waals surface area contributed by atoms with Crippen LogP contribution < -0.4 is 16.0 Å². The van der Waals surface area contributed by atoms with Crippen molar-refractivity contribution in [2.24, 2.45) is 5.73 Å². The Morgan fingerprint density at radius 3 is 2.88 bits per heavy atom. The highest BCUT2D eigenvalue weighted by molar-refractivity contribution is 8.14. The Kier molecular flexibility index (Phi) is 9.17. The second-order valence-corrected chi connectivity index (χ2v) is 7.24. The molecular weight excluding hydrogens is 360 g/mol. The van der Waals surface area contributed by atoms with Crippen LogP contribution in [0, 0.1) is 5.41 Å². The van der Waals surface area contributed by atoms with Crippen molar-refractivity contribution in [3.8, 4) is 0 Å². The first-order valence-corrected chi connectivity index (χ1v) is 9.32. The second-order valence-electron chi connectivity index (χ2n) is 4.94. The number of nitrogens with one attached hydrogen (secondary N) is 2. The van der Waals surface area contributed by atoms with Gasteiger partial charge in [-0.2, -0.15) is 5.41 Å². The smallest absolute Gasteiger partial charge is 0.290 e. The molecule has 0 bridgehead atoms. The van der Waals surface area contributed by atoms with Gasteiger partial charge in [-0.25, -0.2) is 9.56 Å². The van der Waals surface area contributed by atoms with Crippen LogP contribution in [0.15, 0.2) is 18.3 Å². The van der Waals surface area contributed by atoms with Gasteiger partial charge in [-0.3, -0.25) is 14.5 Å². The van der Waals surface area contributed by atoms with Crippen molar-refractivity contribution in [3.63, 3.8) is 0 Å². The summed E-state index contributed by atoms with van der Waals surface area (Å²) in [6.45, 7) is 2.06. The van der Waals surface area contributed by atoms with Crippen LogP contribution in [0.4, 0.5) is 10.6 Å². The summed E-state index contributed by atoms with van der Waals surface area (Å²) < 4.78 is 1.42. The van der Waals surface area contributed by atoms with Gasteiger partial charge in [0.1, 0.15) is 11.2 Å². The van der Waals surface area contributed by atoms with E-state index in [2.05, 4.69) is 10.3 Å². The number of pyridine rings is 1. The molecule has 136 valence electrons. The minimum absolute atomic E-state index is 0.0226. The van der Waals surface area contributed by atoms with E-state index in [0.717, 1.165) is 23.7 Å². The number of nitrogens with zero attached hydrogens (tertiary/aromatic N) is 3. The fourth-order valence-corrected chi connectivity index (χ4v) is 3.42. The summed E-state index contributed by atoms with van der Waals surface area (Å²) in [5.74, 6) is 0.945. The number of amides is 1. The van der Waals surface area contributed by atoms with Crippen LogP contribution in [0.25, 0.3) is 0 Å². The topological polar surface area (TPSA) is 115 Å². The van der Waals surface area contributed by atoms with Crippen molar-refractivity contribution in [2.45, 2.75) is 18.1 Å². The number of hydrogen-bond acceptors (Lipinski definition) is 7. The van der Waals surface area contributed by atoms with Crippen LogP contribution in [0.5, 0.6) is 0 Å². The first-order valence-electron chi connectivity index (χ1n) is 7.46. The Hall–Kier alpha value is -1.91. The van der Waals surface area contributed by atoms with Gasteiger partial charge in [0.2, 0.25) is 11.5 Å². The summed E-state index contributed by atoms with van der Waals surface area (Å²) in [5.41, 5.74) is 6.22. The highest BCUT2D eigenvalue weighted by Crippen LogP contribution is 2.25. The summed E-state index contributed by atoms with van der Waals surface area (Å²) in [6.07, 6.45) is 3.91. The molecule has 1 atom stereocenters. The molecule has 0 spiro atoms. The van der Waals surface area contributed by atoms with E-state index in [9.17, 15) is 9.59 Å². The van der Waals surface area contributed by atoms with Crippen LogP contribution in [0.1, 0.15) is 12.5 Å². The number of aromatic nitrogens is 1. The van der Waals surface area contributed by atoms with Gasteiger partial charge < -0.3 is 11.1 Å². The van der Waals surface area contributed by atoms with Crippen molar-refractivity contribution in [3.05, 3.63) is 23.9 Å². The van der Waals surface area contributed by atoms with E-state index in [-0.39, 0.29) is 22.3 Å². The molecule has 10 heteroatoms. The van der Waals surface area contributed by atoms with E-state index in [1.165, 1.54) is 27.6 Å². The molecule has 1 aromatic rings. The zero-order valence-corrected chi connectivity index (χ0v) is 16.1. The molecule has 0 fully saturated rings. The quantitative estimate of drug-likeness (QED) is 0.268. The first kappa shape index (κ1) is 21.1. The van der Waals surface area contributed by atoms with Crippen molar-refractivity contribution in [2.75, 3.05) is 25.5 Å². The van der Waals surface area contributed by atoms with Gasteiger partial charge in [-0.1, -0.05) is 17.8 Å². The number of likely N-dealkylation sites (N-methyl/N-ethyl adjacent to an activating group) is 1. The standard InChI is InChI=1S/C15H22N6O2S2/c1-11(21(9-16)10-17)25-15(23)20(3)14-12(5-4-6-19-14)8-24-13(22)7-18-2/h4-6,9-11,16-18H,7-8H2,1-3H3/p+1. The summed E-state index contributed by atoms with van der Waals surface area (Å²) in [6, 6.07) is 3.62. The highest BCUT2D eigenvalue weighted by Gasteiger charge is 2.21. The molecule has 0 aliphatic carbocycles. The molecule has 4 N–H and O–H groups in total. The molecule has 8 nitrogen and oxygen atoms in total. The molecular formula is C15H23N6O2S2+. The van der Waals surface area contributed by atoms with Crippen molar-refractivity contribution < 1.29 is 14.2 Å². The molecule has 0 aliphatic heterocycles. The predicted molar refractivity (Wildman–Crippen MR) is 105 cm³/mol. The lowest BCUT2D eigenvalue weighted by molar-refractivity contribution is -0.406. The van der Waals surface area contributed by atoms with E-state index in [1.54, 1.807) is 33.3 Å². The van der Waals surface area contributed by atoms with Crippen LogP contribution in [0.3, 0.4) is 0 Å². The third kappa shape index (κ3) is 6.48. The SMILES string of the molecule is CNCC(=O)SCc1cccnc1N(C)C(=O)SC(C)/[N+](C=N)=C/N. The van der Waals surface area contributed by atoms with E-state index >= 15 is 0 Å². The summed E-state index contributed by atoms with van der Waals surface area (Å²) in [7, 11) is 3.35. The number of rotatable bonds is 8. The maximum absolute atomic E-state index is 12.5. The lowest BCUT2D eigenvalue weighted by Crippen LogP contribution is -2.30. The highest BCUT2D eigenvalue weighted by atomic mass is 32.2. The lowest BCUT2D eigenvalue weighted by atomic mass is 10.3. The molecule has 0 saturated heterocycles. The Balaban J connectivity index is 2.83. The second kappa shape index (κ2) is 10.9. The van der Waals surface area contributed by atoms with Gasteiger partial charge in [0.05, 0.1) is 6.54 Å². The zero-order valence-electron chi connectivity index (χ0n) is 14.4. The van der Waals surface area contributed by atoms with Gasteiger partial charge in [0.25, 0.3) is 5.24 Å². The monoisotopic (exact) mass is 383 g/mol. The molecule has 1 rings (SSSR count). The van der Waals surface area contributed by atoms with E-state index in [4.69, 9.17) is 11.1 Å². The number of nitrogens with two attached hydrogens (primary N) is 1. The van der Waals surface area contributed by atoms with E-state index < -0.39 is 0 Å². The maximum Gasteiger partial charge on any atom is 0.290 e. The number of carbonyl (C=O) groups is 2. The molecule has 1 heterocycles. The Morgan fingerprint density at radius 2 is 2.28 bits per heavy atom. The fraction of sp³-hybridized carbons (Fsp3) is 0.400. The van der Waals surface area contributed by atoms with E-state index in [0.29, 0.717) is 11.6 Å². The van der Waals surface area contributed by atoms with Gasteiger partial charge in [0.15, 0.2) is 6.34 Å². The van der Waals surface area contributed by atoms with Gasteiger partial charge in [0, 0.05) is 24.6 Å². The molecule has 1 unspecified atom stereocenters. The molecule has 0 aromatic carbocycles. The number of thioether (sulfide) groups is 2. The predicted octanol–water partition coefficient (Wildman–Crippen LogP) is 1.30. The zero-order chi connectivity index (χ0) is 18.8. The van der Waals surface area contributed by atoms with Crippen LogP contribution in [0.2, 0.25) is 0 Å². The summed E-state index contributed by atoms with van der Waals surface area (Å²) in [5, 5.41) is 9.55. The number of hydrogen-bond donors (Lipinski definition) is 3. The van der Waals surface area contributed by atoms with Crippen molar-refractivity contribution in [1.29, 1.82) is 5.41 Å². The van der Waals surface area contributed by atoms with Crippen molar-refractivity contribution >= 4 is 52.4 Å². The average Bonchev–Trinajstić information content (AvgIpc) is 2.60. The van der Waals surface area contributed by atoms with E-state index in [1.807, 2.05) is 6.07 Å². The van der Waals surface area contributed by atoms with Crippen LogP contribution in [-0.2, 0) is 10.5 Å². The lowest BCUT2D eigenvalue weighted by Gasteiger charge is -2.20. The summed E-state index contributed by atoms with van der Waals surface area (Å²) in [4.78, 5) is 29.9. The fourth-order valence-electron chi connectivity index (χ4n) is 1.84. The average molecular weight is 384 g/mol. The minimum Gasteiger partial charge on any atom is -0.325 e. The van der Waals surface area contributed by atoms with Gasteiger partial charge in [-0.15, -0.1) is 0 Å². The Labute approximate surface area is 155 Å².